The van der Waals surface area contributed by atoms with Gasteiger partial charge in [-0.25, -0.2) is 0 Å². The molecule has 0 aromatic carbocycles. The number of nitrogens with zero attached hydrogens (tertiary/aromatic N) is 1. The molecule has 0 bridgehead atoms. The van der Waals surface area contributed by atoms with E-state index in [1.807, 2.05) is 26.0 Å². The van der Waals surface area contributed by atoms with Gasteiger partial charge in [0, 0.05) is 24.5 Å². The summed E-state index contributed by atoms with van der Waals surface area (Å²) in [5, 5.41) is 3.12. The van der Waals surface area contributed by atoms with Gasteiger partial charge in [-0.05, 0) is 31.6 Å². The molecule has 0 radical (unpaired) electrons. The van der Waals surface area contributed by atoms with E-state index in [4.69, 9.17) is 0 Å². The Labute approximate surface area is 83.9 Å². The summed E-state index contributed by atoms with van der Waals surface area (Å²) in [6.07, 6.45) is 8.70. The molecule has 1 aliphatic rings. The lowest BCUT2D eigenvalue weighted by atomic mass is 10.1. The summed E-state index contributed by atoms with van der Waals surface area (Å²) < 4.78 is 0. The van der Waals surface area contributed by atoms with Gasteiger partial charge >= 0.3 is 0 Å². The Hall–Kier alpha value is -1.64. The summed E-state index contributed by atoms with van der Waals surface area (Å²) in [4.78, 5) is 14.4. The van der Waals surface area contributed by atoms with Gasteiger partial charge in [0.25, 0.3) is 0 Å². The highest BCUT2D eigenvalue weighted by atomic mass is 16.1. The van der Waals surface area contributed by atoms with E-state index in [0.717, 1.165) is 23.3 Å². The fraction of sp³-hybridized carbons (Fsp3) is 0.273. The molecule has 0 saturated heterocycles. The molecule has 0 fully saturated rings. The molecule has 14 heavy (non-hydrogen) atoms. The van der Waals surface area contributed by atoms with Crippen LogP contribution in [0.15, 0.2) is 40.3 Å². The maximum absolute atomic E-state index is 10.4. The maximum atomic E-state index is 10.4. The smallest absolute Gasteiger partial charge is 0.125 e. The number of aliphatic imine (C=N–C) groups is 1. The molecule has 0 spiro atoms. The van der Waals surface area contributed by atoms with Crippen LogP contribution in [0.25, 0.3) is 0 Å². The van der Waals surface area contributed by atoms with Crippen LogP contribution >= 0.6 is 0 Å². The predicted octanol–water partition coefficient (Wildman–Crippen LogP) is 1.94. The quantitative estimate of drug-likeness (QED) is 0.546. The number of nitrogens with one attached hydrogen (secondary N) is 1. The van der Waals surface area contributed by atoms with Crippen molar-refractivity contribution in [3.8, 4) is 0 Å². The first-order chi connectivity index (χ1) is 6.76. The lowest BCUT2D eigenvalue weighted by Crippen LogP contribution is -2.15. The molecular weight excluding hydrogens is 176 g/mol. The topological polar surface area (TPSA) is 41.5 Å². The van der Waals surface area contributed by atoms with Crippen molar-refractivity contribution in [1.82, 2.24) is 5.32 Å². The third kappa shape index (κ3) is 3.01. The lowest BCUT2D eigenvalue weighted by Gasteiger charge is -2.14. The number of carbonyl (C=O) groups excluding carboxylic acids is 1. The van der Waals surface area contributed by atoms with Crippen molar-refractivity contribution in [3.63, 3.8) is 0 Å². The maximum Gasteiger partial charge on any atom is 0.125 e. The van der Waals surface area contributed by atoms with E-state index in [1.165, 1.54) is 0 Å². The Morgan fingerprint density at radius 3 is 2.93 bits per heavy atom. The summed E-state index contributed by atoms with van der Waals surface area (Å²) in [5.41, 5.74) is 2.95. The molecule has 0 amide bonds. The lowest BCUT2D eigenvalue weighted by molar-refractivity contribution is -0.107. The normalized spacial score (nSPS) is 19.1. The van der Waals surface area contributed by atoms with Crippen LogP contribution in [0.5, 0.6) is 0 Å². The van der Waals surface area contributed by atoms with Gasteiger partial charge in [0.15, 0.2) is 0 Å². The van der Waals surface area contributed by atoms with Gasteiger partial charge in [0.1, 0.15) is 6.29 Å². The van der Waals surface area contributed by atoms with Crippen LogP contribution in [-0.4, -0.2) is 12.5 Å². The van der Waals surface area contributed by atoms with Crippen molar-refractivity contribution in [2.24, 2.45) is 4.99 Å². The second-order valence-corrected chi connectivity index (χ2v) is 3.05. The fourth-order valence-corrected chi connectivity index (χ4v) is 1.24. The third-order valence-corrected chi connectivity index (χ3v) is 1.76. The van der Waals surface area contributed by atoms with E-state index in [0.29, 0.717) is 6.42 Å². The molecule has 1 rings (SSSR count). The number of aldehydes is 1. The zero-order valence-electron chi connectivity index (χ0n) is 8.45. The van der Waals surface area contributed by atoms with E-state index < -0.39 is 0 Å². The molecule has 0 unspecified atom stereocenters. The number of allylic oxidation sites excluding steroid dienone is 4. The van der Waals surface area contributed by atoms with Gasteiger partial charge in [0.2, 0.25) is 0 Å². The van der Waals surface area contributed by atoms with Crippen LogP contribution in [0.1, 0.15) is 20.3 Å². The largest absolute Gasteiger partial charge is 0.357 e. The Balaban J connectivity index is 2.79. The van der Waals surface area contributed by atoms with E-state index in [-0.39, 0.29) is 0 Å². The fourth-order valence-electron chi connectivity index (χ4n) is 1.24. The molecule has 3 nitrogen and oxygen atoms in total. The molecule has 74 valence electrons. The van der Waals surface area contributed by atoms with Crippen LogP contribution in [-0.2, 0) is 4.79 Å². The summed E-state index contributed by atoms with van der Waals surface area (Å²) in [5.74, 6) is 0. The van der Waals surface area contributed by atoms with Crippen molar-refractivity contribution in [2.75, 3.05) is 0 Å². The average molecular weight is 190 g/mol. The minimum atomic E-state index is 0.415. The third-order valence-electron chi connectivity index (χ3n) is 1.76. The van der Waals surface area contributed by atoms with Gasteiger partial charge in [-0.3, -0.25) is 4.99 Å². The first-order valence-corrected chi connectivity index (χ1v) is 4.53. The van der Waals surface area contributed by atoms with Crippen molar-refractivity contribution >= 4 is 12.5 Å². The zero-order chi connectivity index (χ0) is 10.4. The summed E-state index contributed by atoms with van der Waals surface area (Å²) in [6.45, 7) is 3.85. The first-order valence-electron chi connectivity index (χ1n) is 4.53. The molecule has 1 N–H and O–H groups in total. The van der Waals surface area contributed by atoms with Crippen molar-refractivity contribution < 1.29 is 4.79 Å². The van der Waals surface area contributed by atoms with Crippen LogP contribution in [0.2, 0.25) is 0 Å². The van der Waals surface area contributed by atoms with E-state index in [1.54, 1.807) is 12.4 Å². The summed E-state index contributed by atoms with van der Waals surface area (Å²) in [7, 11) is 0. The monoisotopic (exact) mass is 190 g/mol. The van der Waals surface area contributed by atoms with Gasteiger partial charge in [-0.15, -0.1) is 0 Å². The number of hydrogen-bond donors (Lipinski definition) is 1. The molecule has 0 aliphatic carbocycles. The van der Waals surface area contributed by atoms with Crippen LogP contribution < -0.4 is 5.32 Å². The Morgan fingerprint density at radius 1 is 1.50 bits per heavy atom. The van der Waals surface area contributed by atoms with Crippen molar-refractivity contribution in [3.05, 3.63) is 35.3 Å². The first kappa shape index (κ1) is 10.4. The number of dihydropyridines is 1. The van der Waals surface area contributed by atoms with Gasteiger partial charge < -0.3 is 10.1 Å². The molecule has 0 atom stereocenters. The van der Waals surface area contributed by atoms with Crippen molar-refractivity contribution in [2.45, 2.75) is 20.3 Å². The van der Waals surface area contributed by atoms with Crippen molar-refractivity contribution in [1.29, 1.82) is 0 Å². The van der Waals surface area contributed by atoms with Crippen LogP contribution in [0.4, 0.5) is 0 Å². The molecule has 0 aromatic rings. The van der Waals surface area contributed by atoms with Crippen LogP contribution in [0, 0.1) is 0 Å². The van der Waals surface area contributed by atoms with E-state index in [9.17, 15) is 4.79 Å². The Bertz CT molecular complexity index is 335. The minimum absolute atomic E-state index is 0.415. The Kier molecular flexibility index (Phi) is 3.85. The molecule has 1 aliphatic heterocycles. The standard InChI is InChI=1S/C11H14N2O/c1-3-12-8-11-7-9(2)6-10(13-11)4-5-14/h3,5-8,13H,4H2,1-2H3/b11-8-,12-3?. The SMILES string of the molecule is CC=N/C=C1/C=C(C)C=C(CC=O)N1. The van der Waals surface area contributed by atoms with E-state index >= 15 is 0 Å². The highest BCUT2D eigenvalue weighted by Gasteiger charge is 2.04. The second-order valence-electron chi connectivity index (χ2n) is 3.05. The highest BCUT2D eigenvalue weighted by molar-refractivity contribution is 5.57. The van der Waals surface area contributed by atoms with E-state index in [2.05, 4.69) is 10.3 Å². The molecule has 3 heteroatoms. The molecular formula is C11H14N2O. The molecule has 0 saturated carbocycles. The van der Waals surface area contributed by atoms with Gasteiger partial charge in [0.05, 0.1) is 5.70 Å². The van der Waals surface area contributed by atoms with Gasteiger partial charge in [-0.2, -0.15) is 0 Å². The average Bonchev–Trinajstić information content (AvgIpc) is 2.14. The number of hydrogen-bond acceptors (Lipinski definition) is 3. The van der Waals surface area contributed by atoms with Gasteiger partial charge in [-0.1, -0.05) is 0 Å². The zero-order valence-corrected chi connectivity index (χ0v) is 8.45. The molecule has 0 aromatic heterocycles. The predicted molar refractivity (Wildman–Crippen MR) is 57.9 cm³/mol. The summed E-state index contributed by atoms with van der Waals surface area (Å²) in [6, 6.07) is 0. The molecule has 1 heterocycles. The minimum Gasteiger partial charge on any atom is -0.357 e. The number of rotatable bonds is 3. The summed E-state index contributed by atoms with van der Waals surface area (Å²) >= 11 is 0. The Morgan fingerprint density at radius 2 is 2.29 bits per heavy atom. The highest BCUT2D eigenvalue weighted by Crippen LogP contribution is 2.13. The second kappa shape index (κ2) is 5.17. The van der Waals surface area contributed by atoms with Crippen LogP contribution in [0.3, 0.4) is 0 Å². The number of carbonyl (C=O) groups is 1.